The Morgan fingerprint density at radius 3 is 2.67 bits per heavy atom. The van der Waals surface area contributed by atoms with Crippen LogP contribution in [0.4, 0.5) is 0 Å². The molecule has 0 spiro atoms. The molecule has 0 radical (unpaired) electrons. The van der Waals surface area contributed by atoms with Gasteiger partial charge in [-0.15, -0.1) is 0 Å². The van der Waals surface area contributed by atoms with Gasteiger partial charge < -0.3 is 9.52 Å². The molecule has 1 N–H and O–H groups in total. The van der Waals surface area contributed by atoms with Crippen molar-refractivity contribution in [1.29, 1.82) is 0 Å². The number of hydrogen-bond acceptors (Lipinski definition) is 3. The maximum Gasteiger partial charge on any atom is 0.133 e. The molecule has 1 fully saturated rings. The van der Waals surface area contributed by atoms with Crippen LogP contribution in [0.3, 0.4) is 0 Å². The Labute approximate surface area is 107 Å². The lowest BCUT2D eigenvalue weighted by atomic mass is 10.1. The van der Waals surface area contributed by atoms with E-state index in [0.29, 0.717) is 11.8 Å². The number of furan rings is 1. The minimum Gasteiger partial charge on any atom is -0.467 e. The van der Waals surface area contributed by atoms with E-state index in [4.69, 9.17) is 4.42 Å². The molecule has 0 amide bonds. The zero-order chi connectivity index (χ0) is 12.5. The molecule has 1 aromatic carbocycles. The van der Waals surface area contributed by atoms with Gasteiger partial charge in [0.2, 0.25) is 0 Å². The molecule has 94 valence electrons. The Bertz CT molecular complexity index is 494. The summed E-state index contributed by atoms with van der Waals surface area (Å²) in [5.41, 5.74) is 1.28. The Balaban J connectivity index is 1.67. The Morgan fingerprint density at radius 2 is 2.00 bits per heavy atom. The average Bonchev–Trinajstić information content (AvgIpc) is 3.03. The SMILES string of the molecule is C[C@H](c1ccccc1)N1C[C@H]1[C@@H](O)c1ccco1. The summed E-state index contributed by atoms with van der Waals surface area (Å²) in [6.45, 7) is 3.09. The van der Waals surface area contributed by atoms with Gasteiger partial charge in [-0.3, -0.25) is 4.90 Å². The van der Waals surface area contributed by atoms with Crippen LogP contribution in [0.25, 0.3) is 0 Å². The molecule has 1 unspecified atom stereocenters. The molecule has 1 aliphatic rings. The minimum absolute atomic E-state index is 0.173. The summed E-state index contributed by atoms with van der Waals surface area (Å²) in [7, 11) is 0. The van der Waals surface area contributed by atoms with Crippen molar-refractivity contribution in [3.8, 4) is 0 Å². The summed E-state index contributed by atoms with van der Waals surface area (Å²) >= 11 is 0. The molecule has 1 aliphatic heterocycles. The summed E-state index contributed by atoms with van der Waals surface area (Å²) < 4.78 is 5.25. The smallest absolute Gasteiger partial charge is 0.133 e. The fourth-order valence-electron chi connectivity index (χ4n) is 2.47. The van der Waals surface area contributed by atoms with E-state index in [9.17, 15) is 5.11 Å². The quantitative estimate of drug-likeness (QED) is 0.839. The zero-order valence-electron chi connectivity index (χ0n) is 10.4. The van der Waals surface area contributed by atoms with Crippen molar-refractivity contribution in [2.75, 3.05) is 6.54 Å². The highest BCUT2D eigenvalue weighted by Gasteiger charge is 2.44. The van der Waals surface area contributed by atoms with E-state index in [0.717, 1.165) is 6.54 Å². The Hall–Kier alpha value is -1.58. The highest BCUT2D eigenvalue weighted by atomic mass is 16.4. The Morgan fingerprint density at radius 1 is 1.22 bits per heavy atom. The highest BCUT2D eigenvalue weighted by Crippen LogP contribution is 2.38. The van der Waals surface area contributed by atoms with E-state index in [-0.39, 0.29) is 6.04 Å². The van der Waals surface area contributed by atoms with Gasteiger partial charge in [0.25, 0.3) is 0 Å². The van der Waals surface area contributed by atoms with E-state index >= 15 is 0 Å². The number of aliphatic hydroxyl groups excluding tert-OH is 1. The van der Waals surface area contributed by atoms with E-state index in [1.165, 1.54) is 5.56 Å². The summed E-state index contributed by atoms with van der Waals surface area (Å²) in [5, 5.41) is 10.2. The van der Waals surface area contributed by atoms with Gasteiger partial charge in [0.1, 0.15) is 11.9 Å². The molecule has 3 heteroatoms. The molecule has 18 heavy (non-hydrogen) atoms. The van der Waals surface area contributed by atoms with Gasteiger partial charge in [-0.05, 0) is 24.6 Å². The van der Waals surface area contributed by atoms with Gasteiger partial charge >= 0.3 is 0 Å². The molecule has 4 atom stereocenters. The van der Waals surface area contributed by atoms with Crippen LogP contribution in [-0.2, 0) is 0 Å². The molecule has 3 rings (SSSR count). The molecular weight excluding hydrogens is 226 g/mol. The van der Waals surface area contributed by atoms with E-state index in [1.807, 2.05) is 30.3 Å². The van der Waals surface area contributed by atoms with Crippen molar-refractivity contribution in [3.05, 3.63) is 60.1 Å². The van der Waals surface area contributed by atoms with Gasteiger partial charge in [0.15, 0.2) is 0 Å². The van der Waals surface area contributed by atoms with Gasteiger partial charge in [0.05, 0.1) is 12.3 Å². The van der Waals surface area contributed by atoms with Gasteiger partial charge in [0, 0.05) is 12.6 Å². The van der Waals surface area contributed by atoms with Crippen LogP contribution < -0.4 is 0 Å². The van der Waals surface area contributed by atoms with E-state index < -0.39 is 6.10 Å². The summed E-state index contributed by atoms with van der Waals surface area (Å²) in [6, 6.07) is 14.5. The lowest BCUT2D eigenvalue weighted by molar-refractivity contribution is 0.127. The van der Waals surface area contributed by atoms with Crippen LogP contribution >= 0.6 is 0 Å². The monoisotopic (exact) mass is 243 g/mol. The first kappa shape index (κ1) is 11.5. The molecule has 0 saturated carbocycles. The largest absolute Gasteiger partial charge is 0.467 e. The van der Waals surface area contributed by atoms with Crippen LogP contribution in [0.2, 0.25) is 0 Å². The summed E-state index contributed by atoms with van der Waals surface area (Å²) in [4.78, 5) is 2.28. The van der Waals surface area contributed by atoms with Crippen LogP contribution in [0.1, 0.15) is 30.4 Å². The average molecular weight is 243 g/mol. The molecule has 1 aromatic heterocycles. The normalized spacial score (nSPS) is 25.7. The van der Waals surface area contributed by atoms with Crippen LogP contribution in [0.15, 0.2) is 53.1 Å². The predicted octanol–water partition coefficient (Wildman–Crippen LogP) is 2.76. The minimum atomic E-state index is -0.522. The fraction of sp³-hybridized carbons (Fsp3) is 0.333. The van der Waals surface area contributed by atoms with Gasteiger partial charge in [-0.1, -0.05) is 30.3 Å². The first-order chi connectivity index (χ1) is 8.77. The third-order valence-corrected chi connectivity index (χ3v) is 3.67. The lowest BCUT2D eigenvalue weighted by Gasteiger charge is -2.16. The van der Waals surface area contributed by atoms with Crippen molar-refractivity contribution in [2.45, 2.75) is 25.1 Å². The maximum absolute atomic E-state index is 10.2. The molecule has 3 nitrogen and oxygen atoms in total. The molecule has 2 heterocycles. The zero-order valence-corrected chi connectivity index (χ0v) is 10.4. The van der Waals surface area contributed by atoms with E-state index in [2.05, 4.69) is 24.0 Å². The topological polar surface area (TPSA) is 36.4 Å². The van der Waals surface area contributed by atoms with Crippen LogP contribution in [0.5, 0.6) is 0 Å². The summed E-state index contributed by atoms with van der Waals surface area (Å²) in [5.74, 6) is 0.655. The van der Waals surface area contributed by atoms with Crippen molar-refractivity contribution >= 4 is 0 Å². The van der Waals surface area contributed by atoms with Gasteiger partial charge in [-0.25, -0.2) is 0 Å². The molecule has 0 aliphatic carbocycles. The lowest BCUT2D eigenvalue weighted by Crippen LogP contribution is -2.14. The van der Waals surface area contributed by atoms with Crippen LogP contribution in [-0.4, -0.2) is 22.6 Å². The molecule has 2 aromatic rings. The van der Waals surface area contributed by atoms with Crippen molar-refractivity contribution in [3.63, 3.8) is 0 Å². The third-order valence-electron chi connectivity index (χ3n) is 3.67. The number of benzene rings is 1. The van der Waals surface area contributed by atoms with Crippen molar-refractivity contribution in [2.24, 2.45) is 0 Å². The second kappa shape index (κ2) is 4.59. The standard InChI is InChI=1S/C15H17NO2/c1-11(12-6-3-2-4-7-12)16-10-13(16)15(17)14-8-5-9-18-14/h2-9,11,13,15,17H,10H2,1H3/t11-,13+,15-,16?/m1/s1. The number of hydrogen-bond donors (Lipinski definition) is 1. The first-order valence-corrected chi connectivity index (χ1v) is 6.29. The second-order valence-electron chi connectivity index (χ2n) is 4.81. The van der Waals surface area contributed by atoms with Crippen LogP contribution in [0, 0.1) is 0 Å². The predicted molar refractivity (Wildman–Crippen MR) is 69.0 cm³/mol. The van der Waals surface area contributed by atoms with Crippen molar-refractivity contribution < 1.29 is 9.52 Å². The van der Waals surface area contributed by atoms with Gasteiger partial charge in [-0.2, -0.15) is 0 Å². The number of rotatable bonds is 4. The van der Waals surface area contributed by atoms with Crippen molar-refractivity contribution in [1.82, 2.24) is 4.90 Å². The highest BCUT2D eigenvalue weighted by molar-refractivity contribution is 5.21. The molecular formula is C15H17NO2. The number of aliphatic hydroxyl groups is 1. The first-order valence-electron chi connectivity index (χ1n) is 6.29. The molecule has 1 saturated heterocycles. The fourth-order valence-corrected chi connectivity index (χ4v) is 2.47. The third kappa shape index (κ3) is 2.07. The molecule has 0 bridgehead atoms. The maximum atomic E-state index is 10.2. The summed E-state index contributed by atoms with van der Waals surface area (Å²) in [6.07, 6.45) is 1.08. The number of nitrogens with zero attached hydrogens (tertiary/aromatic N) is 1. The second-order valence-corrected chi connectivity index (χ2v) is 4.81. The Kier molecular flexibility index (Phi) is 2.94. The van der Waals surface area contributed by atoms with E-state index in [1.54, 1.807) is 6.26 Å².